The molecule has 0 aromatic rings. The van der Waals surface area contributed by atoms with Gasteiger partial charge in [0.25, 0.3) is 0 Å². The summed E-state index contributed by atoms with van der Waals surface area (Å²) in [5.41, 5.74) is 0.277. The molecule has 1 aliphatic heterocycles. The Morgan fingerprint density at radius 3 is 2.43 bits per heavy atom. The van der Waals surface area contributed by atoms with Crippen molar-refractivity contribution in [3.63, 3.8) is 0 Å². The van der Waals surface area contributed by atoms with E-state index in [2.05, 4.69) is 22.5 Å². The molecule has 1 amide bonds. The lowest BCUT2D eigenvalue weighted by Crippen LogP contribution is -2.67. The second kappa shape index (κ2) is 9.81. The summed E-state index contributed by atoms with van der Waals surface area (Å²) in [5, 5.41) is 7.29. The van der Waals surface area contributed by atoms with Crippen LogP contribution in [0.2, 0.25) is 0 Å². The highest BCUT2D eigenvalue weighted by Gasteiger charge is 2.55. The van der Waals surface area contributed by atoms with Crippen molar-refractivity contribution in [1.29, 1.82) is 0 Å². The Morgan fingerprint density at radius 1 is 1.11 bits per heavy atom. The van der Waals surface area contributed by atoms with Crippen molar-refractivity contribution in [2.24, 2.45) is 10.4 Å². The van der Waals surface area contributed by atoms with E-state index in [1.807, 2.05) is 14.0 Å². The number of nitrogens with one attached hydrogen (secondary N) is 2. The third-order valence-corrected chi connectivity index (χ3v) is 6.83. The minimum atomic E-state index is -0.195. The molecule has 2 aliphatic carbocycles. The van der Waals surface area contributed by atoms with Crippen molar-refractivity contribution in [2.45, 2.75) is 83.4 Å². The number of carbonyl (C=O) groups is 1. The van der Waals surface area contributed by atoms with Gasteiger partial charge in [-0.2, -0.15) is 0 Å². The minimum absolute atomic E-state index is 0.195. The number of likely N-dealkylation sites (tertiary alicyclic amines) is 1. The minimum Gasteiger partial charge on any atom is -0.450 e. The fourth-order valence-electron chi connectivity index (χ4n) is 5.22. The average Bonchev–Trinajstić information content (AvgIpc) is 2.73. The first kappa shape index (κ1) is 21.2. The van der Waals surface area contributed by atoms with Gasteiger partial charge in [-0.3, -0.25) is 4.99 Å². The van der Waals surface area contributed by atoms with Crippen LogP contribution in [0.1, 0.15) is 65.2 Å². The molecule has 0 radical (unpaired) electrons. The highest BCUT2D eigenvalue weighted by Crippen LogP contribution is 2.53. The zero-order valence-electron chi connectivity index (χ0n) is 17.8. The Kier molecular flexibility index (Phi) is 7.43. The molecule has 7 nitrogen and oxygen atoms in total. The number of aliphatic imine (C=N–C) groups is 1. The second-order valence-corrected chi connectivity index (χ2v) is 8.35. The molecule has 0 aromatic carbocycles. The van der Waals surface area contributed by atoms with Crippen molar-refractivity contribution >= 4 is 12.1 Å². The smallest absolute Gasteiger partial charge is 0.409 e. The summed E-state index contributed by atoms with van der Waals surface area (Å²) in [6, 6.07) is 0.775. The van der Waals surface area contributed by atoms with Crippen molar-refractivity contribution < 1.29 is 14.3 Å². The maximum atomic E-state index is 11.9. The van der Waals surface area contributed by atoms with Crippen molar-refractivity contribution in [3.8, 4) is 0 Å². The first-order valence-corrected chi connectivity index (χ1v) is 11.2. The molecule has 1 saturated heterocycles. The van der Waals surface area contributed by atoms with E-state index >= 15 is 0 Å². The van der Waals surface area contributed by atoms with Crippen LogP contribution < -0.4 is 10.6 Å². The Hall–Kier alpha value is -1.50. The van der Waals surface area contributed by atoms with Gasteiger partial charge in [-0.05, 0) is 46.0 Å². The van der Waals surface area contributed by atoms with Crippen LogP contribution in [0.5, 0.6) is 0 Å². The Balaban J connectivity index is 1.50. The molecule has 160 valence electrons. The van der Waals surface area contributed by atoms with Gasteiger partial charge >= 0.3 is 6.09 Å². The van der Waals surface area contributed by atoms with E-state index in [1.54, 1.807) is 4.90 Å². The predicted octanol–water partition coefficient (Wildman–Crippen LogP) is 2.90. The summed E-state index contributed by atoms with van der Waals surface area (Å²) in [6.45, 7) is 6.63. The van der Waals surface area contributed by atoms with Crippen molar-refractivity contribution in [2.75, 3.05) is 33.4 Å². The van der Waals surface area contributed by atoms with Crippen molar-refractivity contribution in [3.05, 3.63) is 0 Å². The molecule has 3 aliphatic rings. The lowest BCUT2D eigenvalue weighted by Gasteiger charge is -2.58. The zero-order valence-corrected chi connectivity index (χ0v) is 17.8. The molecule has 7 heteroatoms. The maximum absolute atomic E-state index is 11.9. The maximum Gasteiger partial charge on any atom is 0.409 e. The van der Waals surface area contributed by atoms with Gasteiger partial charge in [0.1, 0.15) is 0 Å². The molecule has 0 bridgehead atoms. The summed E-state index contributed by atoms with van der Waals surface area (Å²) in [6.07, 6.45) is 9.55. The molecule has 2 atom stereocenters. The summed E-state index contributed by atoms with van der Waals surface area (Å²) in [4.78, 5) is 18.2. The van der Waals surface area contributed by atoms with Gasteiger partial charge in [-0.25, -0.2) is 4.79 Å². The number of hydrogen-bond donors (Lipinski definition) is 2. The molecule has 2 N–H and O–H groups in total. The fourth-order valence-corrected chi connectivity index (χ4v) is 5.22. The van der Waals surface area contributed by atoms with E-state index in [-0.39, 0.29) is 11.5 Å². The average molecular weight is 395 g/mol. The Bertz CT molecular complexity index is 540. The number of rotatable bonds is 5. The molecule has 3 fully saturated rings. The predicted molar refractivity (Wildman–Crippen MR) is 111 cm³/mol. The molecule has 0 aromatic heterocycles. The van der Waals surface area contributed by atoms with Gasteiger partial charge in [0.15, 0.2) is 5.96 Å². The Morgan fingerprint density at radius 2 is 1.82 bits per heavy atom. The van der Waals surface area contributed by atoms with Crippen LogP contribution in [0, 0.1) is 5.41 Å². The topological polar surface area (TPSA) is 75.2 Å². The molecule has 28 heavy (non-hydrogen) atoms. The van der Waals surface area contributed by atoms with Crippen LogP contribution in [0.4, 0.5) is 4.79 Å². The molecular weight excluding hydrogens is 356 g/mol. The van der Waals surface area contributed by atoms with E-state index in [1.165, 1.54) is 32.1 Å². The van der Waals surface area contributed by atoms with Crippen LogP contribution in [0.25, 0.3) is 0 Å². The zero-order chi connectivity index (χ0) is 20.0. The number of piperidine rings is 1. The number of ether oxygens (including phenoxy) is 2. The first-order chi connectivity index (χ1) is 13.6. The normalized spacial score (nSPS) is 28.0. The molecule has 2 unspecified atom stereocenters. The van der Waals surface area contributed by atoms with E-state index < -0.39 is 0 Å². The van der Waals surface area contributed by atoms with Crippen LogP contribution in [-0.2, 0) is 9.47 Å². The second-order valence-electron chi connectivity index (χ2n) is 8.35. The number of hydrogen-bond acceptors (Lipinski definition) is 4. The number of amides is 1. The van der Waals surface area contributed by atoms with Gasteiger partial charge < -0.3 is 25.0 Å². The summed E-state index contributed by atoms with van der Waals surface area (Å²) < 4.78 is 11.2. The highest BCUT2D eigenvalue weighted by atomic mass is 16.6. The molecule has 2 saturated carbocycles. The van der Waals surface area contributed by atoms with E-state index in [0.29, 0.717) is 24.8 Å². The van der Waals surface area contributed by atoms with Gasteiger partial charge in [0.05, 0.1) is 12.7 Å². The molecule has 1 spiro atoms. The fraction of sp³-hybridized carbons (Fsp3) is 0.905. The van der Waals surface area contributed by atoms with E-state index in [4.69, 9.17) is 9.47 Å². The van der Waals surface area contributed by atoms with Gasteiger partial charge in [0.2, 0.25) is 0 Å². The van der Waals surface area contributed by atoms with Crippen LogP contribution in [0.15, 0.2) is 4.99 Å². The van der Waals surface area contributed by atoms with E-state index in [9.17, 15) is 4.79 Å². The lowest BCUT2D eigenvalue weighted by molar-refractivity contribution is -0.145. The van der Waals surface area contributed by atoms with Crippen LogP contribution in [-0.4, -0.2) is 68.5 Å². The largest absolute Gasteiger partial charge is 0.450 e. The number of guanidine groups is 1. The highest BCUT2D eigenvalue weighted by molar-refractivity contribution is 5.80. The number of carbonyl (C=O) groups excluding carboxylic acids is 1. The van der Waals surface area contributed by atoms with Gasteiger partial charge in [0, 0.05) is 44.2 Å². The third kappa shape index (κ3) is 4.56. The molecule has 1 heterocycles. The third-order valence-electron chi connectivity index (χ3n) is 6.83. The summed E-state index contributed by atoms with van der Waals surface area (Å²) in [7, 11) is 1.84. The SMILES string of the molecule is CCOC(=O)N1CCC(NC(=NC)NC2CC(OCC)C23CCCCC3)CC1. The number of nitrogens with zero attached hydrogens (tertiary/aromatic N) is 2. The lowest BCUT2D eigenvalue weighted by atomic mass is 9.55. The first-order valence-electron chi connectivity index (χ1n) is 11.2. The van der Waals surface area contributed by atoms with E-state index in [0.717, 1.165) is 44.9 Å². The van der Waals surface area contributed by atoms with Gasteiger partial charge in [-0.1, -0.05) is 19.3 Å². The summed E-state index contributed by atoms with van der Waals surface area (Å²) in [5.74, 6) is 0.888. The standard InChI is InChI=1S/C21H38N4O3/c1-4-27-18-15-17(21(18)11-7-6-8-12-21)24-19(22-3)23-16-9-13-25(14-10-16)20(26)28-5-2/h16-18H,4-15H2,1-3H3,(H2,22,23,24). The molecule has 3 rings (SSSR count). The van der Waals surface area contributed by atoms with Crippen molar-refractivity contribution in [1.82, 2.24) is 15.5 Å². The quantitative estimate of drug-likeness (QED) is 0.554. The van der Waals surface area contributed by atoms with Crippen LogP contribution in [0.3, 0.4) is 0 Å². The summed E-state index contributed by atoms with van der Waals surface area (Å²) >= 11 is 0. The van der Waals surface area contributed by atoms with Crippen LogP contribution >= 0.6 is 0 Å². The van der Waals surface area contributed by atoms with Gasteiger partial charge in [-0.15, -0.1) is 0 Å². The Labute approximate surface area is 169 Å². The molecular formula is C21H38N4O3. The monoisotopic (exact) mass is 394 g/mol.